The van der Waals surface area contributed by atoms with Crippen molar-refractivity contribution in [3.05, 3.63) is 34.9 Å². The number of fused-ring (bicyclic) bond motifs is 1. The summed E-state index contributed by atoms with van der Waals surface area (Å²) in [6.45, 7) is 0.413. The first-order valence-corrected chi connectivity index (χ1v) is 5.05. The van der Waals surface area contributed by atoms with E-state index in [0.717, 1.165) is 0 Å². The second-order valence-electron chi connectivity index (χ2n) is 4.04. The maximum Gasteiger partial charge on any atom is 0.0708 e. The fourth-order valence-corrected chi connectivity index (χ4v) is 1.54. The molecule has 1 heterocycles. The third-order valence-corrected chi connectivity index (χ3v) is 2.28. The Hall–Kier alpha value is -1.28. The van der Waals surface area contributed by atoms with E-state index in [1.54, 1.807) is 0 Å². The lowest BCUT2D eigenvalue weighted by Crippen LogP contribution is -2.16. The third kappa shape index (κ3) is 1.98. The number of anilines is 1. The maximum absolute atomic E-state index is 8.15. The van der Waals surface area contributed by atoms with Crippen LogP contribution in [0.2, 0.25) is 5.02 Å². The summed E-state index contributed by atoms with van der Waals surface area (Å²) < 4.78 is 54.8. The molecule has 2 N–H and O–H groups in total. The molecular weight excluding hydrogens is 220 g/mol. The number of nitrogen functional groups attached to an aromatic ring is 1. The molecule has 0 saturated carbocycles. The van der Waals surface area contributed by atoms with Crippen molar-refractivity contribution in [1.82, 2.24) is 4.98 Å². The van der Waals surface area contributed by atoms with Crippen molar-refractivity contribution in [2.75, 3.05) is 5.73 Å². The Kier molecular flexibility index (Phi) is 1.22. The smallest absolute Gasteiger partial charge is 0.0708 e. The molecule has 0 spiro atoms. The van der Waals surface area contributed by atoms with Gasteiger partial charge in [0, 0.05) is 19.9 Å². The number of pyridine rings is 1. The van der Waals surface area contributed by atoms with Gasteiger partial charge in [0.2, 0.25) is 0 Å². The van der Waals surface area contributed by atoms with Gasteiger partial charge in [0.1, 0.15) is 0 Å². The van der Waals surface area contributed by atoms with Crippen LogP contribution in [0.3, 0.4) is 0 Å². The molecule has 1 aromatic carbocycles. The van der Waals surface area contributed by atoms with E-state index in [1.807, 2.05) is 0 Å². The summed E-state index contributed by atoms with van der Waals surface area (Å²) in [5.74, 6) is 0. The molecule has 0 aliphatic heterocycles. The number of nitrogens with two attached hydrogens (primary N) is 1. The zero-order valence-corrected chi connectivity index (χ0v) is 9.66. The summed E-state index contributed by atoms with van der Waals surface area (Å²) in [4.78, 5) is 4.14. The number of benzene rings is 1. The first-order valence-electron chi connectivity index (χ1n) is 8.17. The highest BCUT2D eigenvalue weighted by Gasteiger charge is 2.19. The Morgan fingerprint density at radius 1 is 1.44 bits per heavy atom. The normalized spacial score (nSPS) is 19.1. The minimum atomic E-state index is -2.43. The van der Waals surface area contributed by atoms with Crippen LogP contribution in [0.25, 0.3) is 10.9 Å². The molecule has 2 aromatic rings. The van der Waals surface area contributed by atoms with E-state index in [-0.39, 0.29) is 45.4 Å². The quantitative estimate of drug-likeness (QED) is 0.763. The first kappa shape index (κ1) is 5.37. The van der Waals surface area contributed by atoms with Crippen molar-refractivity contribution in [2.45, 2.75) is 26.1 Å². The minimum absolute atomic E-state index is 0.0513. The standard InChI is InChI=1S/C13H15ClN2/c1-13(2,3)12-10(15)7-8-6-9(14)4-5-11(8)16-12/h4-7H,15H2,1-3H3/i1D3,4D,5D,6D,7D. The number of hydrogen-bond acceptors (Lipinski definition) is 2. The molecule has 0 unspecified atom stereocenters. The van der Waals surface area contributed by atoms with Crippen LogP contribution < -0.4 is 5.73 Å². The average Bonchev–Trinajstić information content (AvgIpc) is 2.44. The molecule has 0 fully saturated rings. The lowest BCUT2D eigenvalue weighted by atomic mass is 9.90. The van der Waals surface area contributed by atoms with Gasteiger partial charge in [-0.1, -0.05) is 32.3 Å². The van der Waals surface area contributed by atoms with Crippen LogP contribution >= 0.6 is 11.6 Å². The van der Waals surface area contributed by atoms with E-state index < -0.39 is 18.3 Å². The Morgan fingerprint density at radius 2 is 2.19 bits per heavy atom. The zero-order valence-electron chi connectivity index (χ0n) is 15.9. The van der Waals surface area contributed by atoms with Gasteiger partial charge in [-0.25, -0.2) is 0 Å². The van der Waals surface area contributed by atoms with E-state index in [1.165, 1.54) is 13.8 Å². The highest BCUT2D eigenvalue weighted by atomic mass is 35.5. The Balaban J connectivity index is 3.02. The Morgan fingerprint density at radius 3 is 2.88 bits per heavy atom. The van der Waals surface area contributed by atoms with Crippen LogP contribution in [0.5, 0.6) is 0 Å². The van der Waals surface area contributed by atoms with Gasteiger partial charge in [-0.3, -0.25) is 4.98 Å². The van der Waals surface area contributed by atoms with Gasteiger partial charge in [0.25, 0.3) is 0 Å². The molecule has 0 amide bonds. The molecular formula is C13H15ClN2. The summed E-state index contributed by atoms with van der Waals surface area (Å²) in [6.07, 6.45) is 0. The minimum Gasteiger partial charge on any atom is -0.397 e. The molecule has 0 atom stereocenters. The molecule has 2 rings (SSSR count). The topological polar surface area (TPSA) is 38.9 Å². The number of rotatable bonds is 0. The Labute approximate surface area is 110 Å². The van der Waals surface area contributed by atoms with E-state index >= 15 is 0 Å². The molecule has 0 aliphatic carbocycles. The molecule has 2 nitrogen and oxygen atoms in total. The summed E-state index contributed by atoms with van der Waals surface area (Å²) in [5, 5.41) is -0.321. The van der Waals surface area contributed by atoms with Crippen molar-refractivity contribution >= 4 is 28.2 Å². The predicted octanol–water partition coefficient (Wildman–Crippen LogP) is 3.77. The number of aromatic nitrogens is 1. The predicted molar refractivity (Wildman–Crippen MR) is 69.9 cm³/mol. The van der Waals surface area contributed by atoms with E-state index in [2.05, 4.69) is 4.98 Å². The largest absolute Gasteiger partial charge is 0.397 e. The van der Waals surface area contributed by atoms with Gasteiger partial charge in [-0.05, 0) is 24.2 Å². The van der Waals surface area contributed by atoms with Crippen molar-refractivity contribution in [3.63, 3.8) is 0 Å². The zero-order chi connectivity index (χ0) is 17.9. The molecule has 0 bridgehead atoms. The van der Waals surface area contributed by atoms with Crippen molar-refractivity contribution < 1.29 is 9.60 Å². The van der Waals surface area contributed by atoms with Gasteiger partial charge in [-0.15, -0.1) is 0 Å². The van der Waals surface area contributed by atoms with Gasteiger partial charge in [0.15, 0.2) is 0 Å². The van der Waals surface area contributed by atoms with Crippen molar-refractivity contribution in [2.24, 2.45) is 0 Å². The molecule has 0 radical (unpaired) electrons. The average molecular weight is 242 g/mol. The first-order chi connectivity index (χ1) is 10.3. The molecule has 1 aromatic heterocycles. The molecule has 0 aliphatic rings. The number of hydrogen-bond donors (Lipinski definition) is 1. The Bertz CT molecular complexity index is 815. The van der Waals surface area contributed by atoms with Crippen molar-refractivity contribution in [3.8, 4) is 0 Å². The molecule has 0 saturated heterocycles. The molecule has 3 heteroatoms. The lowest BCUT2D eigenvalue weighted by molar-refractivity contribution is 0.574. The molecule has 16 heavy (non-hydrogen) atoms. The lowest BCUT2D eigenvalue weighted by Gasteiger charge is -2.20. The highest BCUT2D eigenvalue weighted by molar-refractivity contribution is 6.31. The monoisotopic (exact) mass is 241 g/mol. The maximum atomic E-state index is 8.15. The summed E-state index contributed by atoms with van der Waals surface area (Å²) in [7, 11) is 0. The highest BCUT2D eigenvalue weighted by Crippen LogP contribution is 2.29. The van der Waals surface area contributed by atoms with Crippen molar-refractivity contribution in [1.29, 1.82) is 0 Å². The number of nitrogens with zero attached hydrogens (tertiary/aromatic N) is 1. The fourth-order valence-electron chi connectivity index (χ4n) is 1.39. The number of halogens is 1. The summed E-state index contributed by atoms with van der Waals surface area (Å²) in [6, 6.07) is -1.37. The van der Waals surface area contributed by atoms with Crippen LogP contribution in [-0.2, 0) is 5.41 Å². The van der Waals surface area contributed by atoms with E-state index in [4.69, 9.17) is 26.9 Å². The third-order valence-electron chi connectivity index (χ3n) is 2.09. The SMILES string of the molecule is [2H]c1c(Cl)c([2H])c2c([2H])c(N)c(C(C)(C)C([2H])([2H])[2H])nc2c1[2H]. The van der Waals surface area contributed by atoms with Crippen LogP contribution in [-0.4, -0.2) is 4.98 Å². The van der Waals surface area contributed by atoms with E-state index in [9.17, 15) is 0 Å². The van der Waals surface area contributed by atoms with Crippen LogP contribution in [0.4, 0.5) is 5.69 Å². The van der Waals surface area contributed by atoms with Crippen LogP contribution in [0, 0.1) is 0 Å². The van der Waals surface area contributed by atoms with Gasteiger partial charge in [0.05, 0.1) is 22.4 Å². The van der Waals surface area contributed by atoms with Gasteiger partial charge >= 0.3 is 0 Å². The summed E-state index contributed by atoms with van der Waals surface area (Å²) >= 11 is 5.85. The molecule has 84 valence electrons. The second kappa shape index (κ2) is 3.63. The van der Waals surface area contributed by atoms with E-state index in [0.29, 0.717) is 0 Å². The van der Waals surface area contributed by atoms with Gasteiger partial charge in [-0.2, -0.15) is 0 Å². The van der Waals surface area contributed by atoms with Crippen LogP contribution in [0.1, 0.15) is 36.0 Å². The van der Waals surface area contributed by atoms with Gasteiger partial charge < -0.3 is 5.73 Å². The van der Waals surface area contributed by atoms with Crippen LogP contribution in [0.15, 0.2) is 24.2 Å². The summed E-state index contributed by atoms with van der Waals surface area (Å²) in [5.41, 5.74) is 4.11. The second-order valence-corrected chi connectivity index (χ2v) is 4.41. The fraction of sp³-hybridized carbons (Fsp3) is 0.308.